The fourth-order valence-electron chi connectivity index (χ4n) is 1.12. The highest BCUT2D eigenvalue weighted by Crippen LogP contribution is 2.27. The molecule has 0 aliphatic heterocycles. The van der Waals surface area contributed by atoms with E-state index in [1.807, 2.05) is 0 Å². The van der Waals surface area contributed by atoms with E-state index in [1.54, 1.807) is 0 Å². The molecule has 0 aliphatic rings. The summed E-state index contributed by atoms with van der Waals surface area (Å²) in [6.07, 6.45) is 0. The number of nitrogens with two attached hydrogens (primary N) is 1. The number of carbonyl (C=O) groups excluding carboxylic acids is 1. The second-order valence-electron chi connectivity index (χ2n) is 3.12. The Balaban J connectivity index is 3.24. The summed E-state index contributed by atoms with van der Waals surface area (Å²) < 4.78 is 18.2. The number of benzene rings is 1. The molecule has 0 amide bonds. The molecule has 0 saturated carbocycles. The molecular formula is C10H11ClFNO2. The first-order valence-electron chi connectivity index (χ1n) is 4.30. The predicted octanol–water partition coefficient (Wildman–Crippen LogP) is 2.02. The second-order valence-corrected chi connectivity index (χ2v) is 3.53. The fourth-order valence-corrected chi connectivity index (χ4v) is 1.35. The van der Waals surface area contributed by atoms with Crippen molar-refractivity contribution in [2.75, 3.05) is 7.11 Å². The van der Waals surface area contributed by atoms with Crippen molar-refractivity contribution in [1.29, 1.82) is 0 Å². The van der Waals surface area contributed by atoms with Crippen LogP contribution in [0.2, 0.25) is 5.02 Å². The van der Waals surface area contributed by atoms with Crippen LogP contribution < -0.4 is 10.5 Å². The van der Waals surface area contributed by atoms with Gasteiger partial charge in [0.25, 0.3) is 0 Å². The van der Waals surface area contributed by atoms with Gasteiger partial charge in [0.1, 0.15) is 11.6 Å². The van der Waals surface area contributed by atoms with E-state index in [4.69, 9.17) is 22.1 Å². The van der Waals surface area contributed by atoms with Gasteiger partial charge in [0, 0.05) is 0 Å². The molecule has 2 N–H and O–H groups in total. The summed E-state index contributed by atoms with van der Waals surface area (Å²) in [5.41, 5.74) is 5.27. The Morgan fingerprint density at radius 3 is 2.67 bits per heavy atom. The molecule has 0 fully saturated rings. The highest BCUT2D eigenvalue weighted by Gasteiger charge is 2.18. The van der Waals surface area contributed by atoms with E-state index in [9.17, 15) is 9.18 Å². The molecule has 0 saturated heterocycles. The van der Waals surface area contributed by atoms with Crippen LogP contribution in [0.1, 0.15) is 17.3 Å². The Kier molecular flexibility index (Phi) is 3.66. The highest BCUT2D eigenvalue weighted by molar-refractivity contribution is 6.32. The van der Waals surface area contributed by atoms with Crippen molar-refractivity contribution >= 4 is 17.4 Å². The van der Waals surface area contributed by atoms with Gasteiger partial charge in [-0.05, 0) is 19.1 Å². The quantitative estimate of drug-likeness (QED) is 0.810. The zero-order valence-electron chi connectivity index (χ0n) is 8.38. The molecule has 0 heterocycles. The first-order valence-corrected chi connectivity index (χ1v) is 4.68. The molecule has 1 aromatic carbocycles. The number of Topliss-reactive ketones (excluding diaryl/α,β-unsaturated/α-hetero) is 1. The van der Waals surface area contributed by atoms with Crippen LogP contribution in [-0.2, 0) is 0 Å². The average Bonchev–Trinajstić information content (AvgIpc) is 2.17. The summed E-state index contributed by atoms with van der Waals surface area (Å²) in [6, 6.07) is 1.53. The maximum Gasteiger partial charge on any atom is 0.182 e. The molecule has 0 aromatic heterocycles. The van der Waals surface area contributed by atoms with E-state index in [2.05, 4.69) is 0 Å². The van der Waals surface area contributed by atoms with Gasteiger partial charge < -0.3 is 10.5 Å². The molecule has 1 atom stereocenters. The third-order valence-electron chi connectivity index (χ3n) is 1.92. The fraction of sp³-hybridized carbons (Fsp3) is 0.300. The topological polar surface area (TPSA) is 52.3 Å². The molecule has 82 valence electrons. The van der Waals surface area contributed by atoms with E-state index in [1.165, 1.54) is 20.1 Å². The standard InChI is InChI=1S/C10H11ClFNO2/c1-5(13)10(14)6-3-9(15-2)7(11)4-8(6)12/h3-5H,13H2,1-2H3. The van der Waals surface area contributed by atoms with E-state index >= 15 is 0 Å². The Hall–Kier alpha value is -1.13. The summed E-state index contributed by atoms with van der Waals surface area (Å²) in [5, 5.41) is 0.122. The highest BCUT2D eigenvalue weighted by atomic mass is 35.5. The summed E-state index contributed by atoms with van der Waals surface area (Å²) in [5.74, 6) is -0.923. The second kappa shape index (κ2) is 4.59. The molecule has 3 nitrogen and oxygen atoms in total. The molecule has 1 aromatic rings. The summed E-state index contributed by atoms with van der Waals surface area (Å²) >= 11 is 5.68. The number of methoxy groups -OCH3 is 1. The van der Waals surface area contributed by atoms with Crippen molar-refractivity contribution in [3.63, 3.8) is 0 Å². The third-order valence-corrected chi connectivity index (χ3v) is 2.22. The van der Waals surface area contributed by atoms with Crippen molar-refractivity contribution in [2.24, 2.45) is 5.73 Å². The van der Waals surface area contributed by atoms with Crippen LogP contribution in [-0.4, -0.2) is 18.9 Å². The largest absolute Gasteiger partial charge is 0.495 e. The van der Waals surface area contributed by atoms with Crippen molar-refractivity contribution in [1.82, 2.24) is 0 Å². The zero-order chi connectivity index (χ0) is 11.6. The van der Waals surface area contributed by atoms with Gasteiger partial charge in [-0.2, -0.15) is 0 Å². The Labute approximate surface area is 92.0 Å². The van der Waals surface area contributed by atoms with Crippen LogP contribution in [0.15, 0.2) is 12.1 Å². The number of ether oxygens (including phenoxy) is 1. The molecule has 0 radical (unpaired) electrons. The minimum atomic E-state index is -0.759. The molecular weight excluding hydrogens is 221 g/mol. The maximum atomic E-state index is 13.4. The maximum absolute atomic E-state index is 13.4. The van der Waals surface area contributed by atoms with Gasteiger partial charge in [-0.3, -0.25) is 4.79 Å². The third kappa shape index (κ3) is 2.46. The van der Waals surface area contributed by atoms with Crippen molar-refractivity contribution in [3.8, 4) is 5.75 Å². The SMILES string of the molecule is COc1cc(C(=O)C(C)N)c(F)cc1Cl. The normalized spacial score (nSPS) is 12.3. The Morgan fingerprint density at radius 1 is 1.60 bits per heavy atom. The lowest BCUT2D eigenvalue weighted by molar-refractivity contribution is 0.0963. The predicted molar refractivity (Wildman–Crippen MR) is 55.9 cm³/mol. The average molecular weight is 232 g/mol. The molecule has 15 heavy (non-hydrogen) atoms. The van der Waals surface area contributed by atoms with E-state index < -0.39 is 17.6 Å². The van der Waals surface area contributed by atoms with Crippen LogP contribution in [0.5, 0.6) is 5.75 Å². The Bertz CT molecular complexity index is 393. The zero-order valence-corrected chi connectivity index (χ0v) is 9.14. The van der Waals surface area contributed by atoms with Crippen molar-refractivity contribution in [2.45, 2.75) is 13.0 Å². The lowest BCUT2D eigenvalue weighted by Gasteiger charge is -2.09. The van der Waals surface area contributed by atoms with Crippen LogP contribution >= 0.6 is 11.6 Å². The Morgan fingerprint density at radius 2 is 2.20 bits per heavy atom. The smallest absolute Gasteiger partial charge is 0.182 e. The lowest BCUT2D eigenvalue weighted by atomic mass is 10.1. The van der Waals surface area contributed by atoms with Crippen molar-refractivity contribution in [3.05, 3.63) is 28.5 Å². The number of hydrogen-bond acceptors (Lipinski definition) is 3. The van der Waals surface area contributed by atoms with Crippen LogP contribution in [0.25, 0.3) is 0 Å². The van der Waals surface area contributed by atoms with Crippen LogP contribution in [0, 0.1) is 5.82 Å². The molecule has 5 heteroatoms. The van der Waals surface area contributed by atoms with E-state index in [0.29, 0.717) is 0 Å². The van der Waals surface area contributed by atoms with Crippen molar-refractivity contribution < 1.29 is 13.9 Å². The molecule has 1 unspecified atom stereocenters. The van der Waals surface area contributed by atoms with Gasteiger partial charge in [0.2, 0.25) is 0 Å². The monoisotopic (exact) mass is 231 g/mol. The number of halogens is 2. The summed E-state index contributed by atoms with van der Waals surface area (Å²) in [4.78, 5) is 11.5. The first-order chi connectivity index (χ1) is 6.97. The summed E-state index contributed by atoms with van der Waals surface area (Å²) in [7, 11) is 1.39. The van der Waals surface area contributed by atoms with Gasteiger partial charge in [0.15, 0.2) is 5.78 Å². The lowest BCUT2D eigenvalue weighted by Crippen LogP contribution is -2.27. The number of carbonyl (C=O) groups is 1. The van der Waals surface area contributed by atoms with Gasteiger partial charge in [-0.15, -0.1) is 0 Å². The molecule has 0 spiro atoms. The van der Waals surface area contributed by atoms with Gasteiger partial charge in [0.05, 0.1) is 23.7 Å². The minimum absolute atomic E-state index is 0.105. The van der Waals surface area contributed by atoms with Crippen LogP contribution in [0.4, 0.5) is 4.39 Å². The minimum Gasteiger partial charge on any atom is -0.495 e. The molecule has 1 rings (SSSR count). The first kappa shape index (κ1) is 11.9. The van der Waals surface area contributed by atoms with E-state index in [0.717, 1.165) is 6.07 Å². The molecule has 0 aliphatic carbocycles. The van der Waals surface area contributed by atoms with E-state index in [-0.39, 0.29) is 16.3 Å². The van der Waals surface area contributed by atoms with Gasteiger partial charge >= 0.3 is 0 Å². The van der Waals surface area contributed by atoms with Gasteiger partial charge in [-0.1, -0.05) is 11.6 Å². The molecule has 0 bridgehead atoms. The number of hydrogen-bond donors (Lipinski definition) is 1. The number of ketones is 1. The number of rotatable bonds is 3. The van der Waals surface area contributed by atoms with Gasteiger partial charge in [-0.25, -0.2) is 4.39 Å². The van der Waals surface area contributed by atoms with Crippen LogP contribution in [0.3, 0.4) is 0 Å². The summed E-state index contributed by atoms with van der Waals surface area (Å²) in [6.45, 7) is 1.49.